The van der Waals surface area contributed by atoms with Gasteiger partial charge in [-0.25, -0.2) is 0 Å². The van der Waals surface area contributed by atoms with E-state index in [9.17, 15) is 13.6 Å². The summed E-state index contributed by atoms with van der Waals surface area (Å²) in [6, 6.07) is 12.3. The summed E-state index contributed by atoms with van der Waals surface area (Å²) in [6.45, 7) is 1.84. The Labute approximate surface area is 156 Å². The first-order valence-corrected chi connectivity index (χ1v) is 8.69. The maximum absolute atomic E-state index is 12.6. The Kier molecular flexibility index (Phi) is 7.23. The number of carbonyl (C=O) groups is 1. The molecule has 0 atom stereocenters. The van der Waals surface area contributed by atoms with Gasteiger partial charge < -0.3 is 10.6 Å². The number of anilines is 1. The first-order chi connectivity index (χ1) is 11.6. The van der Waals surface area contributed by atoms with Crippen LogP contribution in [0.3, 0.4) is 0 Å². The summed E-state index contributed by atoms with van der Waals surface area (Å²) in [5.41, 5.74) is 3.38. The van der Waals surface area contributed by atoms with Gasteiger partial charge in [0, 0.05) is 10.5 Å². The van der Waals surface area contributed by atoms with Gasteiger partial charge in [-0.15, -0.1) is 12.4 Å². The third-order valence-electron chi connectivity index (χ3n) is 3.96. The molecule has 0 unspecified atom stereocenters. The molecule has 3 nitrogen and oxygen atoms in total. The van der Waals surface area contributed by atoms with E-state index < -0.39 is 5.76 Å². The third kappa shape index (κ3) is 5.17. The Hall–Kier alpha value is -1.63. The molecule has 0 fully saturated rings. The van der Waals surface area contributed by atoms with Crippen molar-refractivity contribution in [1.29, 1.82) is 0 Å². The maximum Gasteiger partial charge on any atom is 0.288 e. The van der Waals surface area contributed by atoms with Crippen LogP contribution in [0.5, 0.6) is 0 Å². The van der Waals surface area contributed by atoms with E-state index in [4.69, 9.17) is 0 Å². The van der Waals surface area contributed by atoms with E-state index in [1.807, 2.05) is 12.1 Å². The minimum absolute atomic E-state index is 0. The second kappa shape index (κ2) is 9.17. The molecule has 0 spiro atoms. The number of carbonyl (C=O) groups excluding carboxylic acids is 1. The van der Waals surface area contributed by atoms with E-state index in [2.05, 4.69) is 10.6 Å². The second-order valence-electron chi connectivity index (χ2n) is 5.56. The Balaban J connectivity index is 0.00000225. The minimum Gasteiger partial charge on any atom is -0.321 e. The molecule has 2 aromatic carbocycles. The summed E-state index contributed by atoms with van der Waals surface area (Å²) < 4.78 is 25.3. The number of thioether (sulfide) groups is 1. The molecule has 25 heavy (non-hydrogen) atoms. The lowest BCUT2D eigenvalue weighted by Gasteiger charge is -2.12. The monoisotopic (exact) mass is 384 g/mol. The molecule has 0 aromatic heterocycles. The summed E-state index contributed by atoms with van der Waals surface area (Å²) >= 11 is 0.432. The standard InChI is InChI=1S/C18H18F2N2OS.ClH/c19-18(20)24-16-4-2-1-3-15(16)22-17(23)14-6-5-12-7-9-21-10-8-13(12)11-14;/h1-6,11,18,21H,7-10H2,(H,22,23);1H. The topological polar surface area (TPSA) is 41.1 Å². The Morgan fingerprint density at radius 1 is 1.08 bits per heavy atom. The zero-order valence-corrected chi connectivity index (χ0v) is 15.1. The molecule has 0 aliphatic carbocycles. The van der Waals surface area contributed by atoms with Gasteiger partial charge in [0.1, 0.15) is 0 Å². The number of nitrogens with one attached hydrogen (secondary N) is 2. The molecule has 1 amide bonds. The fraction of sp³-hybridized carbons (Fsp3) is 0.278. The first kappa shape index (κ1) is 19.7. The molecule has 3 rings (SSSR count). The third-order valence-corrected chi connectivity index (χ3v) is 4.75. The van der Waals surface area contributed by atoms with Gasteiger partial charge in [-0.3, -0.25) is 4.79 Å². The van der Waals surface area contributed by atoms with Gasteiger partial charge >= 0.3 is 0 Å². The lowest BCUT2D eigenvalue weighted by Crippen LogP contribution is -2.16. The van der Waals surface area contributed by atoms with Gasteiger partial charge in [-0.1, -0.05) is 30.0 Å². The average molecular weight is 385 g/mol. The number of amides is 1. The first-order valence-electron chi connectivity index (χ1n) is 7.81. The maximum atomic E-state index is 12.6. The van der Waals surface area contributed by atoms with Crippen LogP contribution < -0.4 is 10.6 Å². The molecule has 1 aliphatic heterocycles. The van der Waals surface area contributed by atoms with Crippen molar-refractivity contribution in [3.63, 3.8) is 0 Å². The Morgan fingerprint density at radius 2 is 1.80 bits per heavy atom. The Bertz CT molecular complexity index is 743. The lowest BCUT2D eigenvalue weighted by molar-refractivity contribution is 0.102. The van der Waals surface area contributed by atoms with Gasteiger partial charge in [-0.2, -0.15) is 8.78 Å². The predicted octanol–water partition coefficient (Wildman–Crippen LogP) is 4.36. The fourth-order valence-electron chi connectivity index (χ4n) is 2.78. The van der Waals surface area contributed by atoms with Gasteiger partial charge in [0.15, 0.2) is 0 Å². The normalized spacial score (nSPS) is 13.6. The number of benzene rings is 2. The Morgan fingerprint density at radius 3 is 2.56 bits per heavy atom. The van der Waals surface area contributed by atoms with Crippen molar-refractivity contribution in [2.75, 3.05) is 18.4 Å². The van der Waals surface area contributed by atoms with Crippen LogP contribution in [-0.2, 0) is 12.8 Å². The van der Waals surface area contributed by atoms with Crippen molar-refractivity contribution in [1.82, 2.24) is 5.32 Å². The summed E-state index contributed by atoms with van der Waals surface area (Å²) in [5, 5.41) is 6.08. The summed E-state index contributed by atoms with van der Waals surface area (Å²) in [6.07, 6.45) is 1.83. The zero-order chi connectivity index (χ0) is 16.9. The van der Waals surface area contributed by atoms with Gasteiger partial charge in [0.2, 0.25) is 0 Å². The highest BCUT2D eigenvalue weighted by Crippen LogP contribution is 2.32. The van der Waals surface area contributed by atoms with Crippen LogP contribution in [0.4, 0.5) is 14.5 Å². The molecule has 0 radical (unpaired) electrons. The van der Waals surface area contributed by atoms with Crippen LogP contribution in [0.1, 0.15) is 21.5 Å². The minimum atomic E-state index is -2.52. The fourth-order valence-corrected chi connectivity index (χ4v) is 3.37. The van der Waals surface area contributed by atoms with Crippen LogP contribution in [-0.4, -0.2) is 24.8 Å². The van der Waals surface area contributed by atoms with Crippen molar-refractivity contribution < 1.29 is 13.6 Å². The zero-order valence-electron chi connectivity index (χ0n) is 13.4. The lowest BCUT2D eigenvalue weighted by atomic mass is 10.00. The van der Waals surface area contributed by atoms with Gasteiger partial charge in [0.25, 0.3) is 11.7 Å². The highest BCUT2D eigenvalue weighted by Gasteiger charge is 2.15. The second-order valence-corrected chi connectivity index (χ2v) is 6.59. The van der Waals surface area contributed by atoms with E-state index in [0.29, 0.717) is 27.9 Å². The van der Waals surface area contributed by atoms with Crippen molar-refractivity contribution in [2.45, 2.75) is 23.5 Å². The molecular formula is C18H19ClF2N2OS. The predicted molar refractivity (Wildman–Crippen MR) is 100 cm³/mol. The number of fused-ring (bicyclic) bond motifs is 1. The van der Waals surface area contributed by atoms with Crippen molar-refractivity contribution in [3.8, 4) is 0 Å². The highest BCUT2D eigenvalue weighted by atomic mass is 35.5. The van der Waals surface area contributed by atoms with Gasteiger partial charge in [0.05, 0.1) is 5.69 Å². The molecule has 0 bridgehead atoms. The largest absolute Gasteiger partial charge is 0.321 e. The number of hydrogen-bond donors (Lipinski definition) is 2. The summed E-state index contributed by atoms with van der Waals surface area (Å²) in [4.78, 5) is 12.9. The van der Waals surface area contributed by atoms with E-state index in [-0.39, 0.29) is 18.3 Å². The van der Waals surface area contributed by atoms with E-state index in [1.165, 1.54) is 11.1 Å². The molecule has 0 saturated heterocycles. The number of para-hydroxylation sites is 1. The van der Waals surface area contributed by atoms with Crippen LogP contribution in [0.15, 0.2) is 47.4 Å². The van der Waals surface area contributed by atoms with E-state index in [1.54, 1.807) is 30.3 Å². The number of hydrogen-bond acceptors (Lipinski definition) is 3. The molecule has 1 heterocycles. The number of halogens is 3. The van der Waals surface area contributed by atoms with Crippen molar-refractivity contribution in [2.24, 2.45) is 0 Å². The van der Waals surface area contributed by atoms with Crippen LogP contribution in [0.2, 0.25) is 0 Å². The average Bonchev–Trinajstić information content (AvgIpc) is 2.80. The number of rotatable bonds is 4. The van der Waals surface area contributed by atoms with Crippen LogP contribution >= 0.6 is 24.2 Å². The van der Waals surface area contributed by atoms with Gasteiger partial charge in [-0.05, 0) is 61.3 Å². The molecule has 1 aliphatic rings. The van der Waals surface area contributed by atoms with Crippen molar-refractivity contribution >= 4 is 35.8 Å². The molecule has 2 aromatic rings. The van der Waals surface area contributed by atoms with Crippen LogP contribution in [0.25, 0.3) is 0 Å². The molecule has 2 N–H and O–H groups in total. The molecular weight excluding hydrogens is 366 g/mol. The smallest absolute Gasteiger partial charge is 0.288 e. The van der Waals surface area contributed by atoms with Crippen LogP contribution in [0, 0.1) is 0 Å². The molecule has 134 valence electrons. The highest BCUT2D eigenvalue weighted by molar-refractivity contribution is 7.99. The van der Waals surface area contributed by atoms with E-state index >= 15 is 0 Å². The summed E-state index contributed by atoms with van der Waals surface area (Å²) in [7, 11) is 0. The quantitative estimate of drug-likeness (QED) is 0.769. The molecule has 0 saturated carbocycles. The molecule has 7 heteroatoms. The van der Waals surface area contributed by atoms with Crippen molar-refractivity contribution in [3.05, 3.63) is 59.2 Å². The summed E-state index contributed by atoms with van der Waals surface area (Å²) in [5.74, 6) is -2.81. The van der Waals surface area contributed by atoms with E-state index in [0.717, 1.165) is 25.9 Å². The number of alkyl halides is 2. The SMILES string of the molecule is Cl.O=C(Nc1ccccc1SC(F)F)c1ccc2c(c1)CCNCC2.